The normalized spacial score (nSPS) is 9.14. The van der Waals surface area contributed by atoms with E-state index in [2.05, 4.69) is 0 Å². The molecule has 0 saturated carbocycles. The Kier molecular flexibility index (Phi) is 3.32. The molecule has 5 heteroatoms. The number of rotatable bonds is 3. The van der Waals surface area contributed by atoms with Crippen LogP contribution in [0.2, 0.25) is 5.02 Å². The first kappa shape index (κ1) is 10.4. The topological polar surface area (TPSA) is 76.1 Å². The van der Waals surface area contributed by atoms with Crippen LogP contribution in [0.4, 0.5) is 0 Å². The number of primary amides is 1. The Morgan fingerprint density at radius 3 is 2.93 bits per heavy atom. The summed E-state index contributed by atoms with van der Waals surface area (Å²) in [4.78, 5) is 10.9. The molecule has 0 aliphatic carbocycles. The Morgan fingerprint density at radius 1 is 1.64 bits per heavy atom. The molecule has 72 valence electrons. The molecular weight excluding hydrogens is 204 g/mol. The standard InChI is InChI=1S/C9H7ClN2O2/c10-6-1-2-8(14-4-3-11)7(5-6)9(12)13/h1-2,5H,4H2,(H2,12,13). The second-order valence-corrected chi connectivity index (χ2v) is 2.89. The van der Waals surface area contributed by atoms with Crippen molar-refractivity contribution in [2.45, 2.75) is 0 Å². The first-order valence-electron chi connectivity index (χ1n) is 3.74. The number of nitrogens with two attached hydrogens (primary N) is 1. The van der Waals surface area contributed by atoms with Crippen molar-refractivity contribution in [2.75, 3.05) is 6.61 Å². The van der Waals surface area contributed by atoms with Gasteiger partial charge in [0.1, 0.15) is 11.8 Å². The highest BCUT2D eigenvalue weighted by Crippen LogP contribution is 2.22. The van der Waals surface area contributed by atoms with Gasteiger partial charge < -0.3 is 10.5 Å². The molecule has 1 amide bonds. The molecule has 1 aromatic rings. The zero-order chi connectivity index (χ0) is 10.6. The van der Waals surface area contributed by atoms with E-state index in [0.717, 1.165) is 0 Å². The van der Waals surface area contributed by atoms with Crippen LogP contribution < -0.4 is 10.5 Å². The molecule has 0 aromatic heterocycles. The number of hydrogen-bond acceptors (Lipinski definition) is 3. The van der Waals surface area contributed by atoms with Crippen molar-refractivity contribution >= 4 is 17.5 Å². The summed E-state index contributed by atoms with van der Waals surface area (Å²) in [6.07, 6.45) is 0. The highest BCUT2D eigenvalue weighted by molar-refractivity contribution is 6.31. The summed E-state index contributed by atoms with van der Waals surface area (Å²) in [5.41, 5.74) is 5.27. The van der Waals surface area contributed by atoms with E-state index in [9.17, 15) is 4.79 Å². The van der Waals surface area contributed by atoms with Crippen LogP contribution in [-0.4, -0.2) is 12.5 Å². The first-order valence-corrected chi connectivity index (χ1v) is 4.12. The Morgan fingerprint density at radius 2 is 2.36 bits per heavy atom. The lowest BCUT2D eigenvalue weighted by molar-refractivity contribution is 0.0997. The Hall–Kier alpha value is -1.73. The fourth-order valence-corrected chi connectivity index (χ4v) is 1.10. The molecule has 0 unspecified atom stereocenters. The van der Waals surface area contributed by atoms with Crippen molar-refractivity contribution in [2.24, 2.45) is 5.73 Å². The van der Waals surface area contributed by atoms with E-state index >= 15 is 0 Å². The maximum Gasteiger partial charge on any atom is 0.252 e. The van der Waals surface area contributed by atoms with Gasteiger partial charge in [0.05, 0.1) is 5.56 Å². The number of amides is 1. The lowest BCUT2D eigenvalue weighted by Crippen LogP contribution is -2.13. The van der Waals surface area contributed by atoms with Crippen LogP contribution in [0, 0.1) is 11.3 Å². The maximum absolute atomic E-state index is 10.9. The third kappa shape index (κ3) is 2.38. The number of benzene rings is 1. The highest BCUT2D eigenvalue weighted by Gasteiger charge is 2.09. The van der Waals surface area contributed by atoms with Crippen molar-refractivity contribution in [3.8, 4) is 11.8 Å². The molecule has 1 aromatic carbocycles. The summed E-state index contributed by atoms with van der Waals surface area (Å²) in [6, 6.07) is 6.25. The predicted octanol–water partition coefficient (Wildman–Crippen LogP) is 1.34. The van der Waals surface area contributed by atoms with Crippen LogP contribution in [0.1, 0.15) is 10.4 Å². The van der Waals surface area contributed by atoms with Crippen molar-refractivity contribution in [3.05, 3.63) is 28.8 Å². The van der Waals surface area contributed by atoms with Gasteiger partial charge in [-0.05, 0) is 18.2 Å². The molecule has 0 atom stereocenters. The van der Waals surface area contributed by atoms with Crippen molar-refractivity contribution < 1.29 is 9.53 Å². The summed E-state index contributed by atoms with van der Waals surface area (Å²) in [5, 5.41) is 8.69. The molecular formula is C9H7ClN2O2. The van der Waals surface area contributed by atoms with Gasteiger partial charge in [-0.1, -0.05) is 11.6 Å². The van der Waals surface area contributed by atoms with Crippen molar-refractivity contribution in [1.82, 2.24) is 0 Å². The highest BCUT2D eigenvalue weighted by atomic mass is 35.5. The first-order chi connectivity index (χ1) is 6.65. The van der Waals surface area contributed by atoms with E-state index in [4.69, 9.17) is 27.3 Å². The Labute approximate surface area is 85.8 Å². The number of hydrogen-bond donors (Lipinski definition) is 1. The molecule has 2 N–H and O–H groups in total. The van der Waals surface area contributed by atoms with Crippen LogP contribution in [-0.2, 0) is 0 Å². The zero-order valence-electron chi connectivity index (χ0n) is 7.16. The fourth-order valence-electron chi connectivity index (χ4n) is 0.931. The zero-order valence-corrected chi connectivity index (χ0v) is 7.91. The molecule has 0 heterocycles. The molecule has 0 radical (unpaired) electrons. The SMILES string of the molecule is N#CCOc1ccc(Cl)cc1C(N)=O. The van der Waals surface area contributed by atoms with Gasteiger partial charge in [-0.2, -0.15) is 5.26 Å². The van der Waals surface area contributed by atoms with E-state index < -0.39 is 5.91 Å². The average Bonchev–Trinajstić information content (AvgIpc) is 2.15. The van der Waals surface area contributed by atoms with Gasteiger partial charge in [0.15, 0.2) is 6.61 Å². The number of nitriles is 1. The largest absolute Gasteiger partial charge is 0.478 e. The predicted molar refractivity (Wildman–Crippen MR) is 51.1 cm³/mol. The summed E-state index contributed by atoms with van der Waals surface area (Å²) < 4.78 is 4.98. The van der Waals surface area contributed by atoms with Crippen LogP contribution in [0.25, 0.3) is 0 Å². The van der Waals surface area contributed by atoms with E-state index in [1.807, 2.05) is 0 Å². The van der Waals surface area contributed by atoms with Crippen molar-refractivity contribution in [1.29, 1.82) is 5.26 Å². The molecule has 0 spiro atoms. The number of halogens is 1. The molecule has 1 rings (SSSR count). The van der Waals surface area contributed by atoms with E-state index in [0.29, 0.717) is 5.02 Å². The van der Waals surface area contributed by atoms with E-state index in [1.165, 1.54) is 12.1 Å². The lowest BCUT2D eigenvalue weighted by atomic mass is 10.2. The maximum atomic E-state index is 10.9. The van der Waals surface area contributed by atoms with Crippen LogP contribution >= 0.6 is 11.6 Å². The van der Waals surface area contributed by atoms with Gasteiger partial charge in [0, 0.05) is 5.02 Å². The second-order valence-electron chi connectivity index (χ2n) is 2.45. The van der Waals surface area contributed by atoms with Crippen molar-refractivity contribution in [3.63, 3.8) is 0 Å². The number of ether oxygens (including phenoxy) is 1. The molecule has 0 fully saturated rings. The minimum absolute atomic E-state index is 0.137. The summed E-state index contributed by atoms with van der Waals surface area (Å²) in [5.74, 6) is -0.371. The number of carbonyl (C=O) groups is 1. The molecule has 0 saturated heterocycles. The Balaban J connectivity index is 3.03. The third-order valence-corrected chi connectivity index (χ3v) is 1.73. The van der Waals surface area contributed by atoms with Gasteiger partial charge in [-0.25, -0.2) is 0 Å². The minimum atomic E-state index is -0.638. The summed E-state index contributed by atoms with van der Waals surface area (Å²) in [7, 11) is 0. The molecule has 0 bridgehead atoms. The second kappa shape index (κ2) is 4.49. The molecule has 4 nitrogen and oxygen atoms in total. The van der Waals surface area contributed by atoms with E-state index in [1.54, 1.807) is 12.1 Å². The number of nitrogens with zero attached hydrogens (tertiary/aromatic N) is 1. The minimum Gasteiger partial charge on any atom is -0.478 e. The Bertz CT molecular complexity index is 398. The van der Waals surface area contributed by atoms with Gasteiger partial charge in [-0.3, -0.25) is 4.79 Å². The fraction of sp³-hybridized carbons (Fsp3) is 0.111. The smallest absolute Gasteiger partial charge is 0.252 e. The molecule has 14 heavy (non-hydrogen) atoms. The molecule has 0 aliphatic rings. The quantitative estimate of drug-likeness (QED) is 0.818. The van der Waals surface area contributed by atoms with Gasteiger partial charge in [0.2, 0.25) is 0 Å². The monoisotopic (exact) mass is 210 g/mol. The van der Waals surface area contributed by atoms with E-state index in [-0.39, 0.29) is 17.9 Å². The number of carbonyl (C=O) groups excluding carboxylic acids is 1. The van der Waals surface area contributed by atoms with Gasteiger partial charge in [-0.15, -0.1) is 0 Å². The summed E-state index contributed by atoms with van der Waals surface area (Å²) in [6.45, 7) is -0.137. The van der Waals surface area contributed by atoms with Crippen LogP contribution in [0.5, 0.6) is 5.75 Å². The van der Waals surface area contributed by atoms with Gasteiger partial charge >= 0.3 is 0 Å². The van der Waals surface area contributed by atoms with Crippen LogP contribution in [0.3, 0.4) is 0 Å². The third-order valence-electron chi connectivity index (χ3n) is 1.50. The van der Waals surface area contributed by atoms with Gasteiger partial charge in [0.25, 0.3) is 5.91 Å². The molecule has 0 aliphatic heterocycles. The average molecular weight is 211 g/mol. The lowest BCUT2D eigenvalue weighted by Gasteiger charge is -2.06. The van der Waals surface area contributed by atoms with Crippen LogP contribution in [0.15, 0.2) is 18.2 Å². The summed E-state index contributed by atoms with van der Waals surface area (Å²) >= 11 is 5.67.